The lowest BCUT2D eigenvalue weighted by Crippen LogP contribution is -2.48. The first-order valence-corrected chi connectivity index (χ1v) is 7.42. The van der Waals surface area contributed by atoms with Crippen molar-refractivity contribution in [3.63, 3.8) is 0 Å². The molecule has 1 aliphatic heterocycles. The molecule has 1 unspecified atom stereocenters. The van der Waals surface area contributed by atoms with Crippen molar-refractivity contribution in [1.82, 2.24) is 10.2 Å². The smallest absolute Gasteiger partial charge is 0.257 e. The number of aryl methyl sites for hydroxylation is 1. The maximum absolute atomic E-state index is 12.6. The number of carbonyl (C=O) groups excluding carboxylic acids is 1. The molecule has 0 aliphatic carbocycles. The van der Waals surface area contributed by atoms with Gasteiger partial charge in [-0.1, -0.05) is 31.2 Å². The third-order valence-corrected chi connectivity index (χ3v) is 4.05. The van der Waals surface area contributed by atoms with E-state index in [0.717, 1.165) is 19.5 Å². The summed E-state index contributed by atoms with van der Waals surface area (Å²) in [7, 11) is 0. The van der Waals surface area contributed by atoms with E-state index in [1.807, 2.05) is 4.90 Å². The SMILES string of the molecule is CCc1ccc(C2CNCCN2C(=O)c2ccoc2)cc1.Cl. The van der Waals surface area contributed by atoms with Crippen LogP contribution in [0.5, 0.6) is 0 Å². The number of nitrogens with one attached hydrogen (secondary N) is 1. The first-order chi connectivity index (χ1) is 10.3. The molecule has 0 saturated carbocycles. The Bertz CT molecular complexity index is 596. The van der Waals surface area contributed by atoms with Crippen molar-refractivity contribution in [1.29, 1.82) is 0 Å². The largest absolute Gasteiger partial charge is 0.472 e. The van der Waals surface area contributed by atoms with E-state index in [2.05, 4.69) is 36.5 Å². The van der Waals surface area contributed by atoms with Gasteiger partial charge in [-0.15, -0.1) is 12.4 Å². The van der Waals surface area contributed by atoms with Crippen LogP contribution in [0.4, 0.5) is 0 Å². The van der Waals surface area contributed by atoms with Crippen LogP contribution in [0.15, 0.2) is 47.3 Å². The van der Waals surface area contributed by atoms with Gasteiger partial charge in [-0.25, -0.2) is 0 Å². The van der Waals surface area contributed by atoms with Gasteiger partial charge in [-0.05, 0) is 23.6 Å². The lowest BCUT2D eigenvalue weighted by molar-refractivity contribution is 0.0633. The van der Waals surface area contributed by atoms with Gasteiger partial charge in [0.1, 0.15) is 6.26 Å². The van der Waals surface area contributed by atoms with Gasteiger partial charge in [-0.3, -0.25) is 4.79 Å². The Morgan fingerprint density at radius 3 is 2.73 bits per heavy atom. The Labute approximate surface area is 136 Å². The summed E-state index contributed by atoms with van der Waals surface area (Å²) < 4.78 is 5.03. The van der Waals surface area contributed by atoms with E-state index in [1.165, 1.54) is 17.4 Å². The summed E-state index contributed by atoms with van der Waals surface area (Å²) in [5, 5.41) is 3.37. The quantitative estimate of drug-likeness (QED) is 0.945. The van der Waals surface area contributed by atoms with Crippen LogP contribution in [-0.4, -0.2) is 30.4 Å². The number of rotatable bonds is 3. The molecular weight excluding hydrogens is 300 g/mol. The van der Waals surface area contributed by atoms with E-state index in [1.54, 1.807) is 12.3 Å². The topological polar surface area (TPSA) is 45.5 Å². The number of halogens is 1. The second-order valence-corrected chi connectivity index (χ2v) is 5.33. The van der Waals surface area contributed by atoms with E-state index in [-0.39, 0.29) is 24.4 Å². The molecule has 1 amide bonds. The number of hydrogen-bond acceptors (Lipinski definition) is 3. The monoisotopic (exact) mass is 320 g/mol. The zero-order valence-electron chi connectivity index (χ0n) is 12.6. The van der Waals surface area contributed by atoms with Crippen LogP contribution in [0.2, 0.25) is 0 Å². The van der Waals surface area contributed by atoms with Crippen molar-refractivity contribution in [2.24, 2.45) is 0 Å². The Morgan fingerprint density at radius 2 is 2.09 bits per heavy atom. The van der Waals surface area contributed by atoms with Gasteiger partial charge in [0.05, 0.1) is 17.9 Å². The molecule has 22 heavy (non-hydrogen) atoms. The summed E-state index contributed by atoms with van der Waals surface area (Å²) in [5.74, 6) is 0.0369. The van der Waals surface area contributed by atoms with Crippen LogP contribution in [0, 0.1) is 0 Å². The van der Waals surface area contributed by atoms with Crippen LogP contribution >= 0.6 is 12.4 Å². The predicted molar refractivity (Wildman–Crippen MR) is 88.4 cm³/mol. The van der Waals surface area contributed by atoms with Gasteiger partial charge >= 0.3 is 0 Å². The lowest BCUT2D eigenvalue weighted by Gasteiger charge is -2.36. The number of nitrogens with zero attached hydrogens (tertiary/aromatic N) is 1. The number of furan rings is 1. The van der Waals surface area contributed by atoms with Crippen LogP contribution in [0.3, 0.4) is 0 Å². The van der Waals surface area contributed by atoms with Gasteiger partial charge in [0.15, 0.2) is 0 Å². The molecule has 0 spiro atoms. The number of piperazine rings is 1. The third-order valence-electron chi connectivity index (χ3n) is 4.05. The maximum Gasteiger partial charge on any atom is 0.257 e. The molecule has 4 nitrogen and oxygen atoms in total. The standard InChI is InChI=1S/C17H20N2O2.ClH/c1-2-13-3-5-14(6-4-13)16-11-18-8-9-19(16)17(20)15-7-10-21-12-15;/h3-7,10,12,16,18H,2,8-9,11H2,1H3;1H. The normalized spacial score (nSPS) is 17.9. The lowest BCUT2D eigenvalue weighted by atomic mass is 10.0. The molecule has 1 aliphatic rings. The van der Waals surface area contributed by atoms with Gasteiger partial charge in [0.25, 0.3) is 5.91 Å². The van der Waals surface area contributed by atoms with Crippen LogP contribution in [0.1, 0.15) is 34.5 Å². The second kappa shape index (κ2) is 7.47. The van der Waals surface area contributed by atoms with Gasteiger partial charge in [0.2, 0.25) is 0 Å². The fraction of sp³-hybridized carbons (Fsp3) is 0.353. The molecule has 3 rings (SSSR count). The highest BCUT2D eigenvalue weighted by Crippen LogP contribution is 2.24. The summed E-state index contributed by atoms with van der Waals surface area (Å²) in [5.41, 5.74) is 3.11. The molecule has 0 radical (unpaired) electrons. The third kappa shape index (κ3) is 3.34. The molecule has 118 valence electrons. The van der Waals surface area contributed by atoms with Crippen molar-refractivity contribution >= 4 is 18.3 Å². The molecule has 1 atom stereocenters. The first kappa shape index (κ1) is 16.6. The number of hydrogen-bond donors (Lipinski definition) is 1. The van der Waals surface area contributed by atoms with Crippen molar-refractivity contribution in [2.45, 2.75) is 19.4 Å². The number of carbonyl (C=O) groups is 1. The first-order valence-electron chi connectivity index (χ1n) is 7.42. The average Bonchev–Trinajstić information content (AvgIpc) is 3.09. The van der Waals surface area contributed by atoms with Gasteiger partial charge in [0, 0.05) is 19.6 Å². The van der Waals surface area contributed by atoms with E-state index in [9.17, 15) is 4.79 Å². The average molecular weight is 321 g/mol. The predicted octanol–water partition coefficient (Wildman–Crippen LogP) is 3.05. The van der Waals surface area contributed by atoms with Crippen LogP contribution < -0.4 is 5.32 Å². The van der Waals surface area contributed by atoms with Crippen molar-refractivity contribution in [2.75, 3.05) is 19.6 Å². The highest BCUT2D eigenvalue weighted by atomic mass is 35.5. The molecular formula is C17H21ClN2O2. The van der Waals surface area contributed by atoms with Crippen LogP contribution in [0.25, 0.3) is 0 Å². The zero-order chi connectivity index (χ0) is 14.7. The Balaban J connectivity index is 0.00000176. The van der Waals surface area contributed by atoms with Gasteiger partial charge in [-0.2, -0.15) is 0 Å². The van der Waals surface area contributed by atoms with E-state index >= 15 is 0 Å². The Morgan fingerprint density at radius 1 is 1.32 bits per heavy atom. The second-order valence-electron chi connectivity index (χ2n) is 5.33. The summed E-state index contributed by atoms with van der Waals surface area (Å²) in [6.45, 7) is 4.47. The number of amides is 1. The number of benzene rings is 1. The molecule has 2 aromatic rings. The fourth-order valence-corrected chi connectivity index (χ4v) is 2.77. The highest BCUT2D eigenvalue weighted by molar-refractivity contribution is 5.94. The Kier molecular flexibility index (Phi) is 5.63. The minimum atomic E-state index is 0. The zero-order valence-corrected chi connectivity index (χ0v) is 13.4. The molecule has 1 aromatic carbocycles. The molecule has 5 heteroatoms. The fourth-order valence-electron chi connectivity index (χ4n) is 2.77. The Hall–Kier alpha value is -1.78. The minimum Gasteiger partial charge on any atom is -0.472 e. The summed E-state index contributed by atoms with van der Waals surface area (Å²) in [4.78, 5) is 14.5. The molecule has 1 fully saturated rings. The van der Waals surface area contributed by atoms with E-state index < -0.39 is 0 Å². The van der Waals surface area contributed by atoms with E-state index in [4.69, 9.17) is 4.42 Å². The molecule has 2 heterocycles. The molecule has 1 aromatic heterocycles. The van der Waals surface area contributed by atoms with Crippen molar-refractivity contribution < 1.29 is 9.21 Å². The van der Waals surface area contributed by atoms with E-state index in [0.29, 0.717) is 12.1 Å². The minimum absolute atomic E-state index is 0. The van der Waals surface area contributed by atoms with Crippen LogP contribution in [-0.2, 0) is 6.42 Å². The molecule has 1 saturated heterocycles. The highest BCUT2D eigenvalue weighted by Gasteiger charge is 2.28. The summed E-state index contributed by atoms with van der Waals surface area (Å²) >= 11 is 0. The summed E-state index contributed by atoms with van der Waals surface area (Å²) in [6.07, 6.45) is 4.09. The van der Waals surface area contributed by atoms with Crippen molar-refractivity contribution in [3.05, 3.63) is 59.5 Å². The van der Waals surface area contributed by atoms with Gasteiger partial charge < -0.3 is 14.6 Å². The molecule has 1 N–H and O–H groups in total. The summed E-state index contributed by atoms with van der Waals surface area (Å²) in [6, 6.07) is 10.3. The van der Waals surface area contributed by atoms with Crippen molar-refractivity contribution in [3.8, 4) is 0 Å². The molecule has 0 bridgehead atoms. The maximum atomic E-state index is 12.6.